The fourth-order valence-electron chi connectivity index (χ4n) is 8.07. The normalized spacial score (nSPS) is 13.3. The third-order valence-electron chi connectivity index (χ3n) is 10.8. The summed E-state index contributed by atoms with van der Waals surface area (Å²) >= 11 is 0. The Hall–Kier alpha value is -8.30. The molecule has 72 heavy (non-hydrogen) atoms. The Balaban J connectivity index is 0.000000212. The van der Waals surface area contributed by atoms with Crippen LogP contribution in [0, 0.1) is 11.6 Å². The number of nitrogens with zero attached hydrogens (tertiary/aromatic N) is 2. The first-order chi connectivity index (χ1) is 34.1. The van der Waals surface area contributed by atoms with Crippen LogP contribution in [0.3, 0.4) is 0 Å². The van der Waals surface area contributed by atoms with E-state index in [4.69, 9.17) is 28.8 Å². The van der Waals surface area contributed by atoms with E-state index < -0.39 is 113 Å². The molecule has 8 rings (SSSR count). The van der Waals surface area contributed by atoms with Crippen LogP contribution in [0.2, 0.25) is 0 Å². The molecule has 4 amide bonds. The number of amides is 4. The molecule has 0 saturated carbocycles. The molecule has 0 unspecified atom stereocenters. The highest BCUT2D eigenvalue weighted by molar-refractivity contribution is 6.39. The lowest BCUT2D eigenvalue weighted by atomic mass is 9.99. The lowest BCUT2D eigenvalue weighted by molar-refractivity contribution is -0.153. The quantitative estimate of drug-likeness (QED) is 0.0587. The van der Waals surface area contributed by atoms with E-state index in [9.17, 15) is 59.5 Å². The fraction of sp³-hybridized carbons (Fsp3) is 0.240. The lowest BCUT2D eigenvalue weighted by Gasteiger charge is -2.17. The van der Waals surface area contributed by atoms with Gasteiger partial charge in [0.2, 0.25) is 0 Å². The molecule has 0 radical (unpaired) electrons. The SMILES string of the molecule is CCOC(=O)Cc1ccc(N2C(=O)c3c(c(OCC(F)(F)F)c4ccccc4c3OCC)C2=O)c(F)c1.CCOc1c2c(c(OCC(F)(F)F)c3ccccc13)C(=O)N(c1ccc(CC(=O)O)cc1F)C2=O. The van der Waals surface area contributed by atoms with Crippen molar-refractivity contribution >= 4 is 68.5 Å². The predicted molar refractivity (Wildman–Crippen MR) is 240 cm³/mol. The molecule has 0 saturated heterocycles. The van der Waals surface area contributed by atoms with Crippen LogP contribution in [0.15, 0.2) is 84.9 Å². The Morgan fingerprint density at radius 1 is 0.500 bits per heavy atom. The Morgan fingerprint density at radius 2 is 0.833 bits per heavy atom. The van der Waals surface area contributed by atoms with Gasteiger partial charge < -0.3 is 28.8 Å². The van der Waals surface area contributed by atoms with Crippen LogP contribution < -0.4 is 28.7 Å². The van der Waals surface area contributed by atoms with E-state index in [0.29, 0.717) is 9.80 Å². The third-order valence-corrected chi connectivity index (χ3v) is 10.8. The zero-order valence-corrected chi connectivity index (χ0v) is 37.9. The summed E-state index contributed by atoms with van der Waals surface area (Å²) in [5.74, 6) is -8.99. The third kappa shape index (κ3) is 10.3. The maximum absolute atomic E-state index is 15.1. The van der Waals surface area contributed by atoms with Crippen molar-refractivity contribution in [2.24, 2.45) is 0 Å². The first-order valence-electron chi connectivity index (χ1n) is 21.6. The Bertz CT molecular complexity index is 3190. The Kier molecular flexibility index (Phi) is 14.7. The maximum Gasteiger partial charge on any atom is 0.422 e. The number of esters is 1. The molecule has 2 aliphatic rings. The predicted octanol–water partition coefficient (Wildman–Crippen LogP) is 9.97. The van der Waals surface area contributed by atoms with Crippen molar-refractivity contribution in [1.29, 1.82) is 0 Å². The standard InChI is InChI=1S/C26H21F4NO6.C24H17F4NO6/c1-3-35-19(32)12-14-9-10-18(17(27)11-14)31-24(33)20-21(25(31)34)23(37-13-26(28,29)30)16-8-6-5-7-15(16)22(20)36-4-2;1-2-34-20-13-5-3-4-6-14(13)21(35-11-24(26,27)28)19-18(20)22(32)29(23(19)33)16-8-7-12(9-15(16)25)10-17(30)31/h5-11H,3-4,12-13H2,1-2H3;3-9H,2,10-11H2,1H3,(H,30,31). The number of fused-ring (bicyclic) bond motifs is 4. The molecule has 22 heteroatoms. The number of carbonyl (C=O) groups is 6. The molecular weight excluding hydrogens is 973 g/mol. The van der Waals surface area contributed by atoms with Crippen LogP contribution in [0.4, 0.5) is 46.5 Å². The van der Waals surface area contributed by atoms with Crippen molar-refractivity contribution in [2.45, 2.75) is 46.0 Å². The number of imide groups is 2. The number of ether oxygens (including phenoxy) is 5. The summed E-state index contributed by atoms with van der Waals surface area (Å²) < 4.78 is 134. The van der Waals surface area contributed by atoms with Crippen LogP contribution in [-0.2, 0) is 27.2 Å². The van der Waals surface area contributed by atoms with Crippen molar-refractivity contribution in [2.75, 3.05) is 42.8 Å². The smallest absolute Gasteiger partial charge is 0.422 e. The van der Waals surface area contributed by atoms with E-state index in [2.05, 4.69) is 0 Å². The number of hydrogen-bond donors (Lipinski definition) is 1. The fourth-order valence-corrected chi connectivity index (χ4v) is 8.07. The number of benzene rings is 6. The van der Waals surface area contributed by atoms with Gasteiger partial charge in [-0.05, 0) is 56.2 Å². The van der Waals surface area contributed by atoms with Gasteiger partial charge in [-0.3, -0.25) is 28.8 Å². The number of carboxylic acid groups (broad SMARTS) is 1. The summed E-state index contributed by atoms with van der Waals surface area (Å²) in [6.45, 7) is 1.73. The molecule has 6 aromatic carbocycles. The minimum absolute atomic E-state index is 0.0207. The monoisotopic (exact) mass is 1010 g/mol. The van der Waals surface area contributed by atoms with Crippen LogP contribution in [0.5, 0.6) is 23.0 Å². The number of rotatable bonds is 15. The molecule has 0 fully saturated rings. The molecule has 2 heterocycles. The summed E-state index contributed by atoms with van der Waals surface area (Å²) in [5.41, 5.74) is -2.19. The number of aliphatic carboxylic acids is 1. The molecule has 0 aromatic heterocycles. The molecule has 2 aliphatic heterocycles. The van der Waals surface area contributed by atoms with Gasteiger partial charge in [-0.2, -0.15) is 26.3 Å². The minimum atomic E-state index is -4.73. The van der Waals surface area contributed by atoms with Gasteiger partial charge in [0.25, 0.3) is 23.6 Å². The van der Waals surface area contributed by atoms with Gasteiger partial charge in [0.05, 0.1) is 66.3 Å². The van der Waals surface area contributed by atoms with Gasteiger partial charge >= 0.3 is 24.3 Å². The second kappa shape index (κ2) is 20.6. The highest BCUT2D eigenvalue weighted by Gasteiger charge is 2.47. The van der Waals surface area contributed by atoms with E-state index in [-0.39, 0.29) is 81.5 Å². The zero-order valence-electron chi connectivity index (χ0n) is 37.9. The first kappa shape index (κ1) is 51.5. The molecule has 0 atom stereocenters. The van der Waals surface area contributed by atoms with E-state index in [1.807, 2.05) is 0 Å². The minimum Gasteiger partial charge on any atom is -0.492 e. The summed E-state index contributed by atoms with van der Waals surface area (Å²) in [5, 5.41) is 9.64. The largest absolute Gasteiger partial charge is 0.492 e. The van der Waals surface area contributed by atoms with Gasteiger partial charge in [0.15, 0.2) is 13.2 Å². The van der Waals surface area contributed by atoms with Crippen LogP contribution in [-0.4, -0.2) is 86.1 Å². The molecule has 0 bridgehead atoms. The van der Waals surface area contributed by atoms with E-state index >= 15 is 4.39 Å². The van der Waals surface area contributed by atoms with Gasteiger partial charge in [-0.25, -0.2) is 18.6 Å². The first-order valence-corrected chi connectivity index (χ1v) is 21.6. The van der Waals surface area contributed by atoms with Gasteiger partial charge in [-0.1, -0.05) is 60.7 Å². The van der Waals surface area contributed by atoms with Crippen molar-refractivity contribution in [3.63, 3.8) is 0 Å². The Labute approximate surface area is 402 Å². The summed E-state index contributed by atoms with van der Waals surface area (Å²) in [4.78, 5) is 77.4. The molecule has 0 spiro atoms. The molecular formula is C50H38F8N2O12. The number of carboxylic acids is 1. The number of hydrogen-bond acceptors (Lipinski definition) is 11. The summed E-state index contributed by atoms with van der Waals surface area (Å²) in [6.07, 6.45) is -10.2. The topological polar surface area (TPSA) is 175 Å². The Morgan fingerprint density at radius 3 is 1.12 bits per heavy atom. The number of carbonyl (C=O) groups excluding carboxylic acids is 5. The molecule has 14 nitrogen and oxygen atoms in total. The molecule has 0 aliphatic carbocycles. The van der Waals surface area contributed by atoms with Gasteiger partial charge in [-0.15, -0.1) is 0 Å². The van der Waals surface area contributed by atoms with Crippen molar-refractivity contribution < 1.29 is 92.7 Å². The van der Waals surface area contributed by atoms with Gasteiger partial charge in [0, 0.05) is 21.5 Å². The van der Waals surface area contributed by atoms with Crippen molar-refractivity contribution in [3.05, 3.63) is 130 Å². The number of anilines is 2. The van der Waals surface area contributed by atoms with Crippen molar-refractivity contribution in [3.8, 4) is 23.0 Å². The summed E-state index contributed by atoms with van der Waals surface area (Å²) in [7, 11) is 0. The second-order valence-electron chi connectivity index (χ2n) is 15.6. The van der Waals surface area contributed by atoms with Crippen LogP contribution in [0.25, 0.3) is 21.5 Å². The van der Waals surface area contributed by atoms with Crippen molar-refractivity contribution in [1.82, 2.24) is 0 Å². The highest BCUT2D eigenvalue weighted by atomic mass is 19.4. The highest BCUT2D eigenvalue weighted by Crippen LogP contribution is 2.48. The van der Waals surface area contributed by atoms with Crippen LogP contribution in [0.1, 0.15) is 73.3 Å². The summed E-state index contributed by atoms with van der Waals surface area (Å²) in [6, 6.07) is 18.7. The second-order valence-corrected chi connectivity index (χ2v) is 15.6. The van der Waals surface area contributed by atoms with E-state index in [1.165, 1.54) is 48.5 Å². The van der Waals surface area contributed by atoms with Crippen LogP contribution >= 0.6 is 0 Å². The maximum atomic E-state index is 15.1. The van der Waals surface area contributed by atoms with E-state index in [0.717, 1.165) is 24.3 Å². The number of alkyl halides is 6. The number of halogens is 8. The lowest BCUT2D eigenvalue weighted by Crippen LogP contribution is -2.30. The van der Waals surface area contributed by atoms with Gasteiger partial charge in [0.1, 0.15) is 34.6 Å². The van der Waals surface area contributed by atoms with E-state index in [1.54, 1.807) is 32.9 Å². The average Bonchev–Trinajstić information content (AvgIpc) is 3.71. The molecule has 376 valence electrons. The average molecular weight is 1010 g/mol. The molecule has 6 aromatic rings. The molecule has 1 N–H and O–H groups in total. The zero-order chi connectivity index (χ0) is 52.4.